The van der Waals surface area contributed by atoms with Gasteiger partial charge in [0.1, 0.15) is 0 Å². The predicted octanol–water partition coefficient (Wildman–Crippen LogP) is 3.96. The van der Waals surface area contributed by atoms with Gasteiger partial charge in [-0.2, -0.15) is 0 Å². The maximum absolute atomic E-state index is 11.2. The first kappa shape index (κ1) is 17.8. The van der Waals surface area contributed by atoms with Gasteiger partial charge in [-0.05, 0) is 57.6 Å². The summed E-state index contributed by atoms with van der Waals surface area (Å²) in [7, 11) is 0. The van der Waals surface area contributed by atoms with E-state index in [-0.39, 0.29) is 11.6 Å². The third kappa shape index (κ3) is 5.94. The minimum atomic E-state index is -0.963. The van der Waals surface area contributed by atoms with Crippen molar-refractivity contribution >= 4 is 23.3 Å². The molecule has 118 valence electrons. The van der Waals surface area contributed by atoms with E-state index in [0.717, 1.165) is 32.5 Å². The van der Waals surface area contributed by atoms with E-state index in [1.54, 1.807) is 12.1 Å². The van der Waals surface area contributed by atoms with E-state index in [4.69, 9.17) is 11.6 Å². The molecule has 0 spiro atoms. The molecular weight excluding hydrogens is 288 g/mol. The zero-order chi connectivity index (χ0) is 15.8. The number of benzene rings is 1. The second-order valence-electron chi connectivity index (χ2n) is 5.21. The van der Waals surface area contributed by atoms with Crippen LogP contribution in [0.3, 0.4) is 0 Å². The Bertz CT molecular complexity index is 462. The summed E-state index contributed by atoms with van der Waals surface area (Å²) in [5, 5.41) is 12.9. The van der Waals surface area contributed by atoms with Crippen molar-refractivity contribution in [3.8, 4) is 0 Å². The van der Waals surface area contributed by atoms with Crippen LogP contribution in [0, 0.1) is 0 Å². The molecule has 0 bridgehead atoms. The lowest BCUT2D eigenvalue weighted by atomic mass is 10.1. The third-order valence-electron chi connectivity index (χ3n) is 3.62. The number of hydrogen-bond acceptors (Lipinski definition) is 3. The van der Waals surface area contributed by atoms with Gasteiger partial charge in [-0.1, -0.05) is 25.4 Å². The van der Waals surface area contributed by atoms with Gasteiger partial charge in [0.25, 0.3) is 0 Å². The van der Waals surface area contributed by atoms with Crippen LogP contribution in [-0.4, -0.2) is 41.7 Å². The van der Waals surface area contributed by atoms with Crippen LogP contribution < -0.4 is 5.32 Å². The molecule has 0 radical (unpaired) electrons. The van der Waals surface area contributed by atoms with Crippen LogP contribution in [0.15, 0.2) is 18.2 Å². The maximum Gasteiger partial charge on any atom is 0.337 e. The molecule has 0 heterocycles. The van der Waals surface area contributed by atoms with Gasteiger partial charge < -0.3 is 15.3 Å². The van der Waals surface area contributed by atoms with E-state index in [2.05, 4.69) is 31.0 Å². The molecule has 0 saturated heterocycles. The Morgan fingerprint density at radius 2 is 2.05 bits per heavy atom. The van der Waals surface area contributed by atoms with Crippen molar-refractivity contribution in [1.29, 1.82) is 0 Å². The van der Waals surface area contributed by atoms with Crippen molar-refractivity contribution in [2.45, 2.75) is 39.7 Å². The Kier molecular flexibility index (Phi) is 7.54. The van der Waals surface area contributed by atoms with E-state index >= 15 is 0 Å². The molecule has 0 aliphatic heterocycles. The molecular formula is C16H25ClN2O2. The number of rotatable bonds is 9. The van der Waals surface area contributed by atoms with Gasteiger partial charge >= 0.3 is 5.97 Å². The van der Waals surface area contributed by atoms with Crippen molar-refractivity contribution < 1.29 is 9.90 Å². The second kappa shape index (κ2) is 8.90. The van der Waals surface area contributed by atoms with Gasteiger partial charge in [0, 0.05) is 16.8 Å². The molecule has 1 aromatic carbocycles. The van der Waals surface area contributed by atoms with E-state index in [9.17, 15) is 9.90 Å². The molecule has 4 nitrogen and oxygen atoms in total. The largest absolute Gasteiger partial charge is 0.478 e. The Labute approximate surface area is 132 Å². The molecule has 0 aliphatic rings. The summed E-state index contributed by atoms with van der Waals surface area (Å²) in [6.07, 6.45) is 2.09. The standard InChI is InChI=1S/C16H25ClN2O2/c1-4-19(5-2)10-6-7-12(3)18-15-9-8-13(17)11-14(15)16(20)21/h8-9,11-12,18H,4-7,10H2,1-3H3,(H,20,21). The highest BCUT2D eigenvalue weighted by atomic mass is 35.5. The van der Waals surface area contributed by atoms with Gasteiger partial charge in [-0.3, -0.25) is 0 Å². The fourth-order valence-corrected chi connectivity index (χ4v) is 2.49. The quantitative estimate of drug-likeness (QED) is 0.724. The lowest BCUT2D eigenvalue weighted by Gasteiger charge is -2.21. The minimum absolute atomic E-state index is 0.220. The molecule has 0 fully saturated rings. The Hall–Kier alpha value is -1.26. The number of carboxylic acids is 1. The van der Waals surface area contributed by atoms with E-state index in [1.807, 2.05) is 0 Å². The van der Waals surface area contributed by atoms with Crippen LogP contribution in [-0.2, 0) is 0 Å². The van der Waals surface area contributed by atoms with Crippen LogP contribution in [0.4, 0.5) is 5.69 Å². The molecule has 0 aliphatic carbocycles. The summed E-state index contributed by atoms with van der Waals surface area (Å²) >= 11 is 5.85. The summed E-state index contributed by atoms with van der Waals surface area (Å²) in [4.78, 5) is 13.6. The number of anilines is 1. The molecule has 1 atom stereocenters. The Morgan fingerprint density at radius 1 is 1.38 bits per heavy atom. The molecule has 0 amide bonds. The van der Waals surface area contributed by atoms with Gasteiger partial charge in [0.15, 0.2) is 0 Å². The van der Waals surface area contributed by atoms with Crippen molar-refractivity contribution in [2.75, 3.05) is 25.0 Å². The summed E-state index contributed by atoms with van der Waals surface area (Å²) < 4.78 is 0. The lowest BCUT2D eigenvalue weighted by molar-refractivity contribution is 0.0698. The molecule has 5 heteroatoms. The predicted molar refractivity (Wildman–Crippen MR) is 88.5 cm³/mol. The first-order chi connectivity index (χ1) is 9.97. The highest BCUT2D eigenvalue weighted by Crippen LogP contribution is 2.22. The van der Waals surface area contributed by atoms with Crippen LogP contribution in [0.25, 0.3) is 0 Å². The molecule has 1 rings (SSSR count). The molecule has 0 saturated carbocycles. The van der Waals surface area contributed by atoms with Crippen LogP contribution in [0.5, 0.6) is 0 Å². The second-order valence-corrected chi connectivity index (χ2v) is 5.65. The molecule has 2 N–H and O–H groups in total. The fourth-order valence-electron chi connectivity index (χ4n) is 2.32. The van der Waals surface area contributed by atoms with E-state index < -0.39 is 5.97 Å². The summed E-state index contributed by atoms with van der Waals surface area (Å²) in [5.74, 6) is -0.963. The third-order valence-corrected chi connectivity index (χ3v) is 3.85. The number of aromatic carboxylic acids is 1. The number of hydrogen-bond donors (Lipinski definition) is 2. The average molecular weight is 313 g/mol. The van der Waals surface area contributed by atoms with Crippen molar-refractivity contribution in [1.82, 2.24) is 4.90 Å². The molecule has 1 unspecified atom stereocenters. The number of nitrogens with one attached hydrogen (secondary N) is 1. The Morgan fingerprint density at radius 3 is 2.62 bits per heavy atom. The number of carboxylic acid groups (broad SMARTS) is 1. The van der Waals surface area contributed by atoms with Gasteiger partial charge in [-0.15, -0.1) is 0 Å². The zero-order valence-corrected chi connectivity index (χ0v) is 13.8. The number of carbonyl (C=O) groups is 1. The lowest BCUT2D eigenvalue weighted by Crippen LogP contribution is -2.25. The van der Waals surface area contributed by atoms with Crippen molar-refractivity contribution in [3.05, 3.63) is 28.8 Å². The van der Waals surface area contributed by atoms with E-state index in [0.29, 0.717) is 10.7 Å². The highest BCUT2D eigenvalue weighted by molar-refractivity contribution is 6.31. The van der Waals surface area contributed by atoms with Gasteiger partial charge in [0.2, 0.25) is 0 Å². The van der Waals surface area contributed by atoms with Crippen LogP contribution in [0.2, 0.25) is 5.02 Å². The topological polar surface area (TPSA) is 52.6 Å². The number of nitrogens with zero attached hydrogens (tertiary/aromatic N) is 1. The molecule has 0 aromatic heterocycles. The SMILES string of the molecule is CCN(CC)CCCC(C)Nc1ccc(Cl)cc1C(=O)O. The average Bonchev–Trinajstić information content (AvgIpc) is 2.45. The van der Waals surface area contributed by atoms with Gasteiger partial charge in [0.05, 0.1) is 5.56 Å². The fraction of sp³-hybridized carbons (Fsp3) is 0.562. The minimum Gasteiger partial charge on any atom is -0.478 e. The first-order valence-corrected chi connectivity index (χ1v) is 7.87. The van der Waals surface area contributed by atoms with Crippen molar-refractivity contribution in [3.63, 3.8) is 0 Å². The van der Waals surface area contributed by atoms with Crippen molar-refractivity contribution in [2.24, 2.45) is 0 Å². The highest BCUT2D eigenvalue weighted by Gasteiger charge is 2.12. The Balaban J connectivity index is 2.55. The van der Waals surface area contributed by atoms with Crippen LogP contribution >= 0.6 is 11.6 Å². The monoisotopic (exact) mass is 312 g/mol. The normalized spacial score (nSPS) is 12.4. The summed E-state index contributed by atoms with van der Waals surface area (Å²) in [5.41, 5.74) is 0.848. The maximum atomic E-state index is 11.2. The smallest absolute Gasteiger partial charge is 0.337 e. The summed E-state index contributed by atoms with van der Waals surface area (Å²) in [6, 6.07) is 5.14. The summed E-state index contributed by atoms with van der Waals surface area (Å²) in [6.45, 7) is 9.61. The van der Waals surface area contributed by atoms with E-state index in [1.165, 1.54) is 6.07 Å². The van der Waals surface area contributed by atoms with Crippen LogP contribution in [0.1, 0.15) is 44.0 Å². The first-order valence-electron chi connectivity index (χ1n) is 7.49. The number of halogens is 1. The van der Waals surface area contributed by atoms with Gasteiger partial charge in [-0.25, -0.2) is 4.79 Å². The molecule has 21 heavy (non-hydrogen) atoms. The zero-order valence-electron chi connectivity index (χ0n) is 13.0. The molecule has 1 aromatic rings.